The molecule has 0 aliphatic heterocycles. The van der Waals surface area contributed by atoms with Crippen LogP contribution < -0.4 is 12.4 Å². The van der Waals surface area contributed by atoms with Crippen LogP contribution in [-0.2, 0) is 15.9 Å². The molecule has 2 heterocycles. The van der Waals surface area contributed by atoms with Crippen molar-refractivity contribution in [2.75, 3.05) is 33.2 Å². The first-order valence-electron chi connectivity index (χ1n) is 8.96. The van der Waals surface area contributed by atoms with E-state index < -0.39 is 11.2 Å². The van der Waals surface area contributed by atoms with Crippen LogP contribution in [0.4, 0.5) is 0 Å². The minimum atomic E-state index is -1.08. The Kier molecular flexibility index (Phi) is 9.57. The Morgan fingerprint density at radius 1 is 1.25 bits per heavy atom. The molecule has 0 aliphatic rings. The van der Waals surface area contributed by atoms with Crippen LogP contribution in [0.15, 0.2) is 35.6 Å². The van der Waals surface area contributed by atoms with Crippen molar-refractivity contribution in [1.82, 2.24) is 15.0 Å². The molecule has 146 valence electrons. The van der Waals surface area contributed by atoms with Gasteiger partial charge in [0.25, 0.3) is 0 Å². The molecule has 1 N–H and O–H groups in total. The number of pyridine rings is 1. The molecule has 2 aromatic heterocycles. The number of aromatic nitrogens is 3. The van der Waals surface area contributed by atoms with Gasteiger partial charge in [-0.2, -0.15) is 4.98 Å². The van der Waals surface area contributed by atoms with Gasteiger partial charge in [0.1, 0.15) is 12.0 Å². The van der Waals surface area contributed by atoms with Crippen molar-refractivity contribution in [2.45, 2.75) is 19.0 Å². The molecule has 0 fully saturated rings. The van der Waals surface area contributed by atoms with E-state index in [1.54, 1.807) is 19.6 Å². The predicted molar refractivity (Wildman–Crippen MR) is 111 cm³/mol. The van der Waals surface area contributed by atoms with Gasteiger partial charge in [-0.25, -0.2) is 0 Å². The summed E-state index contributed by atoms with van der Waals surface area (Å²) in [5.74, 6) is 1.68. The van der Waals surface area contributed by atoms with Gasteiger partial charge in [0.05, 0.1) is 18.1 Å². The normalized spacial score (nSPS) is 11.7. The van der Waals surface area contributed by atoms with Crippen LogP contribution in [0.5, 0.6) is 11.5 Å². The van der Waals surface area contributed by atoms with E-state index in [4.69, 9.17) is 14.2 Å². The Labute approximate surface area is 185 Å². The number of imidazole rings is 1. The van der Waals surface area contributed by atoms with Gasteiger partial charge in [0.2, 0.25) is 0 Å². The van der Waals surface area contributed by atoms with Gasteiger partial charge in [-0.3, -0.25) is 4.98 Å². The van der Waals surface area contributed by atoms with Crippen molar-refractivity contribution in [3.63, 3.8) is 0 Å². The SMILES string of the molecule is CCOCCOc1ccn[c]([Na])c1C.COc1ccc2[nH]c([S+](C)[O-])nc2c1. The van der Waals surface area contributed by atoms with Crippen molar-refractivity contribution in [3.05, 3.63) is 36.0 Å². The van der Waals surface area contributed by atoms with Crippen molar-refractivity contribution in [2.24, 2.45) is 0 Å². The second kappa shape index (κ2) is 11.6. The summed E-state index contributed by atoms with van der Waals surface area (Å²) in [6.07, 6.45) is 3.39. The summed E-state index contributed by atoms with van der Waals surface area (Å²) >= 11 is -0.115. The molecule has 3 aromatic rings. The topological polar surface area (TPSA) is 92.3 Å². The van der Waals surface area contributed by atoms with Gasteiger partial charge >= 0.3 is 108 Å². The summed E-state index contributed by atoms with van der Waals surface area (Å²) in [5, 5.41) is 0.494. The molecule has 9 heteroatoms. The number of fused-ring (bicyclic) bond motifs is 1. The Balaban J connectivity index is 0.000000200. The maximum absolute atomic E-state index is 11.2. The molecule has 0 radical (unpaired) electrons. The largest absolute Gasteiger partial charge is 0.609 e. The molecule has 7 nitrogen and oxygen atoms in total. The van der Waals surface area contributed by atoms with E-state index in [1.807, 2.05) is 38.1 Å². The first kappa shape index (κ1) is 23.0. The molecule has 0 amide bonds. The van der Waals surface area contributed by atoms with E-state index in [1.165, 1.54) is 0 Å². The number of nitrogens with one attached hydrogen (secondary N) is 1. The fraction of sp³-hybridized carbons (Fsp3) is 0.368. The number of aromatic amines is 1. The van der Waals surface area contributed by atoms with Gasteiger partial charge in [0, 0.05) is 17.2 Å². The molecule has 1 aromatic carbocycles. The van der Waals surface area contributed by atoms with E-state index in [0.717, 1.165) is 65.6 Å². The van der Waals surface area contributed by atoms with E-state index in [0.29, 0.717) is 18.4 Å². The average molecular weight is 413 g/mol. The fourth-order valence-electron chi connectivity index (χ4n) is 2.35. The predicted octanol–water partition coefficient (Wildman–Crippen LogP) is 1.91. The summed E-state index contributed by atoms with van der Waals surface area (Å²) in [7, 11) is 1.60. The van der Waals surface area contributed by atoms with Crippen LogP contribution in [0.3, 0.4) is 0 Å². The molecule has 0 spiro atoms. The minimum absolute atomic E-state index is 0.494. The summed E-state index contributed by atoms with van der Waals surface area (Å²) < 4.78 is 28.1. The molecule has 3 rings (SSSR count). The van der Waals surface area contributed by atoms with E-state index in [-0.39, 0.29) is 0 Å². The molecule has 0 saturated carbocycles. The van der Waals surface area contributed by atoms with Crippen molar-refractivity contribution >= 4 is 53.1 Å². The van der Waals surface area contributed by atoms with Gasteiger partial charge in [-0.15, -0.1) is 0 Å². The van der Waals surface area contributed by atoms with Crippen LogP contribution in [-0.4, -0.2) is 80.6 Å². The zero-order valence-electron chi connectivity index (χ0n) is 16.9. The Bertz CT molecular complexity index is 889. The third kappa shape index (κ3) is 6.65. The quantitative estimate of drug-likeness (QED) is 0.361. The summed E-state index contributed by atoms with van der Waals surface area (Å²) in [4.78, 5) is 11.4. The number of rotatable bonds is 7. The molecular formula is C19H24N3NaO4S. The molecule has 1 atom stereocenters. The van der Waals surface area contributed by atoms with Crippen LogP contribution in [0, 0.1) is 6.92 Å². The van der Waals surface area contributed by atoms with Crippen molar-refractivity contribution in [3.8, 4) is 11.5 Å². The zero-order valence-corrected chi connectivity index (χ0v) is 19.8. The maximum Gasteiger partial charge on any atom is 0.321 e. The third-order valence-corrected chi connectivity index (χ3v) is 5.78. The monoisotopic (exact) mass is 413 g/mol. The van der Waals surface area contributed by atoms with Crippen LogP contribution in [0.1, 0.15) is 12.5 Å². The second-order valence-corrected chi connectivity index (χ2v) is 8.19. The van der Waals surface area contributed by atoms with Gasteiger partial charge in [-0.1, -0.05) is 0 Å². The smallest absolute Gasteiger partial charge is 0.321 e. The van der Waals surface area contributed by atoms with Crippen LogP contribution >= 0.6 is 0 Å². The summed E-state index contributed by atoms with van der Waals surface area (Å²) in [6, 6.07) is 7.41. The number of H-pyrrole nitrogens is 1. The van der Waals surface area contributed by atoms with Crippen LogP contribution in [0.2, 0.25) is 0 Å². The summed E-state index contributed by atoms with van der Waals surface area (Å²) in [6.45, 7) is 6.03. The number of methoxy groups -OCH3 is 1. The first-order valence-corrected chi connectivity index (χ1v) is 11.5. The number of hydrogen-bond donors (Lipinski definition) is 1. The fourth-order valence-corrected chi connectivity index (χ4v) is 3.23. The van der Waals surface area contributed by atoms with E-state index >= 15 is 0 Å². The Hall–Kier alpha value is -1.29. The molecular weight excluding hydrogens is 389 g/mol. The van der Waals surface area contributed by atoms with Crippen LogP contribution in [0.25, 0.3) is 11.0 Å². The number of ether oxygens (including phenoxy) is 3. The number of hydrogen-bond acceptors (Lipinski definition) is 6. The van der Waals surface area contributed by atoms with Gasteiger partial charge in [0.15, 0.2) is 0 Å². The minimum Gasteiger partial charge on any atom is -0.609 e. The van der Waals surface area contributed by atoms with Crippen molar-refractivity contribution < 1.29 is 18.8 Å². The Morgan fingerprint density at radius 2 is 2.04 bits per heavy atom. The summed E-state index contributed by atoms with van der Waals surface area (Å²) in [5.41, 5.74) is 2.81. The maximum atomic E-state index is 11.2. The van der Waals surface area contributed by atoms with Crippen molar-refractivity contribution in [1.29, 1.82) is 0 Å². The zero-order chi connectivity index (χ0) is 20.5. The first-order chi connectivity index (χ1) is 13.5. The number of nitrogens with zero attached hydrogens (tertiary/aromatic N) is 2. The average Bonchev–Trinajstić information content (AvgIpc) is 3.12. The van der Waals surface area contributed by atoms with E-state index in [9.17, 15) is 4.55 Å². The van der Waals surface area contributed by atoms with E-state index in [2.05, 4.69) is 15.0 Å². The molecule has 0 bridgehead atoms. The molecule has 0 saturated heterocycles. The van der Waals surface area contributed by atoms with Gasteiger partial charge < -0.3 is 9.29 Å². The second-order valence-electron chi connectivity index (χ2n) is 5.94. The van der Waals surface area contributed by atoms with Gasteiger partial charge in [-0.05, 0) is 12.1 Å². The molecule has 28 heavy (non-hydrogen) atoms. The third-order valence-electron chi connectivity index (χ3n) is 4.04. The standard InChI is InChI=1S/C10H14NO2.C9H10N2O2S.Na/c1-3-12-6-7-13-10-4-5-11-8-9(10)2;1-13-6-3-4-7-8(5-6)11-9(10-7)14(2)12;/h4-5H,3,6-7H2,1-2H3;3-5H,1-2H3,(H,10,11);. The molecule has 1 unspecified atom stereocenters. The molecule has 0 aliphatic carbocycles. The Morgan fingerprint density at radius 3 is 2.71 bits per heavy atom. The number of benzene rings is 1.